The fourth-order valence-electron chi connectivity index (χ4n) is 1.89. The van der Waals surface area contributed by atoms with E-state index in [1.54, 1.807) is 6.07 Å². The van der Waals surface area contributed by atoms with Crippen LogP contribution in [0.5, 0.6) is 0 Å². The van der Waals surface area contributed by atoms with Crippen LogP contribution >= 0.6 is 11.8 Å². The van der Waals surface area contributed by atoms with Crippen molar-refractivity contribution in [3.05, 3.63) is 47.5 Å². The molecule has 0 amide bonds. The smallest absolute Gasteiger partial charge is 0.151 e. The number of halogens is 1. The molecule has 20 heavy (non-hydrogen) atoms. The van der Waals surface area contributed by atoms with E-state index in [0.717, 1.165) is 5.56 Å². The summed E-state index contributed by atoms with van der Waals surface area (Å²) in [5.74, 6) is 0.278. The second-order valence-corrected chi connectivity index (χ2v) is 4.97. The average molecular weight is 288 g/mol. The minimum absolute atomic E-state index is 0.274. The van der Waals surface area contributed by atoms with Gasteiger partial charge in [-0.1, -0.05) is 12.1 Å². The largest absolute Gasteiger partial charge is 0.354 e. The minimum atomic E-state index is -0.274. The lowest BCUT2D eigenvalue weighted by molar-refractivity contribution is 0.625. The summed E-state index contributed by atoms with van der Waals surface area (Å²) >= 11 is 1.40. The van der Waals surface area contributed by atoms with E-state index in [4.69, 9.17) is 0 Å². The summed E-state index contributed by atoms with van der Waals surface area (Å²) in [5, 5.41) is 9.90. The highest BCUT2D eigenvalue weighted by molar-refractivity contribution is 7.98. The van der Waals surface area contributed by atoms with Crippen molar-refractivity contribution in [1.82, 2.24) is 9.97 Å². The van der Waals surface area contributed by atoms with Gasteiger partial charge in [-0.25, -0.2) is 14.4 Å². The fraction of sp³-hybridized carbons (Fsp3) is 0.214. The van der Waals surface area contributed by atoms with Gasteiger partial charge in [0, 0.05) is 13.6 Å². The predicted molar refractivity (Wildman–Crippen MR) is 77.0 cm³/mol. The summed E-state index contributed by atoms with van der Waals surface area (Å²) in [5.41, 5.74) is 1.26. The highest BCUT2D eigenvalue weighted by Crippen LogP contribution is 2.25. The lowest BCUT2D eigenvalue weighted by Gasteiger charge is -2.19. The Kier molecular flexibility index (Phi) is 4.53. The third-order valence-electron chi connectivity index (χ3n) is 2.77. The van der Waals surface area contributed by atoms with Gasteiger partial charge < -0.3 is 4.90 Å². The topological polar surface area (TPSA) is 52.8 Å². The van der Waals surface area contributed by atoms with Crippen LogP contribution in [0.4, 0.5) is 10.2 Å². The van der Waals surface area contributed by atoms with Crippen LogP contribution in [0.2, 0.25) is 0 Å². The second kappa shape index (κ2) is 6.35. The van der Waals surface area contributed by atoms with Crippen molar-refractivity contribution in [1.29, 1.82) is 5.26 Å². The third-order valence-corrected chi connectivity index (χ3v) is 3.46. The maximum absolute atomic E-state index is 13.2. The Morgan fingerprint density at radius 3 is 2.85 bits per heavy atom. The normalized spacial score (nSPS) is 10.1. The van der Waals surface area contributed by atoms with Gasteiger partial charge in [0.25, 0.3) is 0 Å². The van der Waals surface area contributed by atoms with Crippen molar-refractivity contribution in [3.8, 4) is 6.07 Å². The van der Waals surface area contributed by atoms with Gasteiger partial charge in [0.05, 0.1) is 0 Å². The van der Waals surface area contributed by atoms with Gasteiger partial charge in [-0.2, -0.15) is 5.26 Å². The number of nitriles is 1. The van der Waals surface area contributed by atoms with Gasteiger partial charge in [0.2, 0.25) is 0 Å². The van der Waals surface area contributed by atoms with Crippen molar-refractivity contribution in [3.63, 3.8) is 0 Å². The number of nitrogens with zero attached hydrogens (tertiary/aromatic N) is 4. The van der Waals surface area contributed by atoms with Gasteiger partial charge in [0.1, 0.15) is 28.8 Å². The van der Waals surface area contributed by atoms with E-state index in [1.807, 2.05) is 24.3 Å². The molecule has 0 saturated heterocycles. The van der Waals surface area contributed by atoms with Crippen molar-refractivity contribution in [2.24, 2.45) is 0 Å². The molecule has 102 valence electrons. The van der Waals surface area contributed by atoms with E-state index in [-0.39, 0.29) is 5.82 Å². The van der Waals surface area contributed by atoms with Crippen LogP contribution in [-0.2, 0) is 6.54 Å². The summed E-state index contributed by atoms with van der Waals surface area (Å²) in [6.45, 7) is 0.470. The van der Waals surface area contributed by atoms with Crippen molar-refractivity contribution < 1.29 is 4.39 Å². The Morgan fingerprint density at radius 2 is 2.20 bits per heavy atom. The van der Waals surface area contributed by atoms with Crippen LogP contribution < -0.4 is 4.90 Å². The van der Waals surface area contributed by atoms with Gasteiger partial charge in [-0.15, -0.1) is 11.8 Å². The van der Waals surface area contributed by atoms with E-state index in [9.17, 15) is 9.65 Å². The zero-order valence-electron chi connectivity index (χ0n) is 11.2. The van der Waals surface area contributed by atoms with Crippen molar-refractivity contribution in [2.45, 2.75) is 11.6 Å². The molecule has 1 heterocycles. The molecule has 0 atom stereocenters. The molecule has 0 aliphatic rings. The molecule has 2 aromatic rings. The predicted octanol–water partition coefficient (Wildman–Crippen LogP) is 2.85. The molecule has 2 rings (SSSR count). The molecule has 4 nitrogen and oxygen atoms in total. The van der Waals surface area contributed by atoms with Crippen LogP contribution in [0.1, 0.15) is 11.1 Å². The van der Waals surface area contributed by atoms with Crippen LogP contribution in [0.3, 0.4) is 0 Å². The molecule has 0 N–H and O–H groups in total. The van der Waals surface area contributed by atoms with Crippen LogP contribution in [0, 0.1) is 17.1 Å². The average Bonchev–Trinajstić information content (AvgIpc) is 2.46. The standard InChI is InChI=1S/C14H13FN4S/c1-19(8-10-4-3-5-11(15)6-10)13-12(7-16)14(20-2)18-9-17-13/h3-6,9H,8H2,1-2H3. The summed E-state index contributed by atoms with van der Waals surface area (Å²) in [7, 11) is 1.82. The number of thioether (sulfide) groups is 1. The Morgan fingerprint density at radius 1 is 1.40 bits per heavy atom. The molecule has 1 aromatic carbocycles. The molecule has 0 saturated carbocycles. The maximum Gasteiger partial charge on any atom is 0.151 e. The van der Waals surface area contributed by atoms with Gasteiger partial charge in [-0.05, 0) is 24.0 Å². The zero-order chi connectivity index (χ0) is 14.5. The molecular formula is C14H13FN4S. The SMILES string of the molecule is CSc1ncnc(N(C)Cc2cccc(F)c2)c1C#N. The second-order valence-electron chi connectivity index (χ2n) is 4.18. The lowest BCUT2D eigenvalue weighted by atomic mass is 10.2. The van der Waals surface area contributed by atoms with Crippen molar-refractivity contribution in [2.75, 3.05) is 18.2 Å². The Labute approximate surface area is 121 Å². The summed E-state index contributed by atoms with van der Waals surface area (Å²) < 4.78 is 13.2. The van der Waals surface area contributed by atoms with Crippen LogP contribution in [0.15, 0.2) is 35.6 Å². The van der Waals surface area contributed by atoms with Gasteiger partial charge in [-0.3, -0.25) is 0 Å². The van der Waals surface area contributed by atoms with E-state index in [2.05, 4.69) is 16.0 Å². The maximum atomic E-state index is 13.2. The Bertz CT molecular complexity index is 654. The zero-order valence-corrected chi connectivity index (χ0v) is 12.0. The highest BCUT2D eigenvalue weighted by atomic mass is 32.2. The Hall–Kier alpha value is -2.13. The molecule has 6 heteroatoms. The minimum Gasteiger partial charge on any atom is -0.354 e. The van der Waals surface area contributed by atoms with Crippen LogP contribution in [0.25, 0.3) is 0 Å². The molecule has 0 unspecified atom stereocenters. The molecule has 0 fully saturated rings. The monoisotopic (exact) mass is 288 g/mol. The van der Waals surface area contributed by atoms with E-state index in [0.29, 0.717) is 23.0 Å². The fourth-order valence-corrected chi connectivity index (χ4v) is 2.38. The number of aromatic nitrogens is 2. The summed E-state index contributed by atoms with van der Waals surface area (Å²) in [6, 6.07) is 8.51. The third kappa shape index (κ3) is 3.06. The van der Waals surface area contributed by atoms with Gasteiger partial charge >= 0.3 is 0 Å². The first kappa shape index (κ1) is 14.3. The molecule has 0 aliphatic carbocycles. The molecule has 1 aromatic heterocycles. The van der Waals surface area contributed by atoms with Crippen LogP contribution in [-0.4, -0.2) is 23.3 Å². The number of rotatable bonds is 4. The molecule has 0 aliphatic heterocycles. The summed E-state index contributed by atoms with van der Waals surface area (Å²) in [6.07, 6.45) is 3.30. The lowest BCUT2D eigenvalue weighted by Crippen LogP contribution is -2.19. The number of benzene rings is 1. The number of anilines is 1. The van der Waals surface area contributed by atoms with E-state index in [1.165, 1.54) is 30.2 Å². The first-order valence-electron chi connectivity index (χ1n) is 5.90. The Balaban J connectivity index is 2.30. The first-order chi connectivity index (χ1) is 9.65. The molecular weight excluding hydrogens is 275 g/mol. The number of hydrogen-bond donors (Lipinski definition) is 0. The van der Waals surface area contributed by atoms with E-state index < -0.39 is 0 Å². The van der Waals surface area contributed by atoms with Gasteiger partial charge in [0.15, 0.2) is 5.82 Å². The quantitative estimate of drug-likeness (QED) is 0.639. The molecule has 0 bridgehead atoms. The molecule has 0 spiro atoms. The molecule has 0 radical (unpaired) electrons. The number of hydrogen-bond acceptors (Lipinski definition) is 5. The van der Waals surface area contributed by atoms with Crippen molar-refractivity contribution >= 4 is 17.6 Å². The van der Waals surface area contributed by atoms with E-state index >= 15 is 0 Å². The highest BCUT2D eigenvalue weighted by Gasteiger charge is 2.14. The first-order valence-corrected chi connectivity index (χ1v) is 7.13. The summed E-state index contributed by atoms with van der Waals surface area (Å²) in [4.78, 5) is 10.1.